The standard InChI is InChI=1S/C8H5BrO.C3H6O/c9-7-1-2-8-6(5-7)3-4-10-8;1-3(2)4/h1-5H;1-2H3. The van der Waals surface area contributed by atoms with Crippen molar-refractivity contribution in [3.8, 4) is 0 Å². The normalized spacial score (nSPS) is 9.36. The second-order valence-corrected chi connectivity index (χ2v) is 3.93. The van der Waals surface area contributed by atoms with Crippen molar-refractivity contribution in [2.45, 2.75) is 13.8 Å². The van der Waals surface area contributed by atoms with Gasteiger partial charge in [0.1, 0.15) is 11.4 Å². The van der Waals surface area contributed by atoms with Gasteiger partial charge in [0, 0.05) is 9.86 Å². The lowest BCUT2D eigenvalue weighted by Gasteiger charge is -1.87. The maximum atomic E-state index is 9.44. The molecule has 2 rings (SSSR count). The molecule has 1 heterocycles. The molecule has 0 saturated carbocycles. The van der Waals surface area contributed by atoms with Crippen LogP contribution < -0.4 is 0 Å². The molecule has 1 aromatic heterocycles. The van der Waals surface area contributed by atoms with Gasteiger partial charge in [-0.05, 0) is 38.1 Å². The summed E-state index contributed by atoms with van der Waals surface area (Å²) in [5.41, 5.74) is 0.934. The molecule has 0 unspecified atom stereocenters. The summed E-state index contributed by atoms with van der Waals surface area (Å²) in [4.78, 5) is 9.44. The Labute approximate surface area is 91.0 Å². The SMILES string of the molecule is Brc1ccc2occc2c1.CC(C)=O. The first-order chi connectivity index (χ1) is 6.59. The minimum Gasteiger partial charge on any atom is -0.464 e. The van der Waals surface area contributed by atoms with Crippen LogP contribution in [0.5, 0.6) is 0 Å². The fourth-order valence-corrected chi connectivity index (χ4v) is 1.32. The van der Waals surface area contributed by atoms with Crippen LogP contribution >= 0.6 is 15.9 Å². The van der Waals surface area contributed by atoms with Crippen molar-refractivity contribution in [1.82, 2.24) is 0 Å². The number of carbonyl (C=O) groups is 1. The van der Waals surface area contributed by atoms with Crippen LogP contribution in [0.2, 0.25) is 0 Å². The van der Waals surface area contributed by atoms with Gasteiger partial charge in [-0.1, -0.05) is 15.9 Å². The molecular formula is C11H11BrO2. The molecule has 2 nitrogen and oxygen atoms in total. The van der Waals surface area contributed by atoms with Gasteiger partial charge in [-0.3, -0.25) is 0 Å². The third kappa shape index (κ3) is 3.34. The van der Waals surface area contributed by atoms with Gasteiger partial charge in [-0.2, -0.15) is 0 Å². The summed E-state index contributed by atoms with van der Waals surface area (Å²) in [6.45, 7) is 3.06. The maximum absolute atomic E-state index is 9.44. The van der Waals surface area contributed by atoms with Crippen molar-refractivity contribution in [2.24, 2.45) is 0 Å². The minimum absolute atomic E-state index is 0.167. The highest BCUT2D eigenvalue weighted by Crippen LogP contribution is 2.19. The Hall–Kier alpha value is -1.09. The summed E-state index contributed by atoms with van der Waals surface area (Å²) in [5.74, 6) is 0.167. The van der Waals surface area contributed by atoms with E-state index in [1.54, 1.807) is 6.26 Å². The van der Waals surface area contributed by atoms with E-state index in [2.05, 4.69) is 15.9 Å². The van der Waals surface area contributed by atoms with Crippen LogP contribution in [0.3, 0.4) is 0 Å². The van der Waals surface area contributed by atoms with Crippen molar-refractivity contribution in [1.29, 1.82) is 0 Å². The van der Waals surface area contributed by atoms with Gasteiger partial charge in [0.2, 0.25) is 0 Å². The number of rotatable bonds is 0. The van der Waals surface area contributed by atoms with Crippen molar-refractivity contribution < 1.29 is 9.21 Å². The number of hydrogen-bond acceptors (Lipinski definition) is 2. The Morgan fingerprint density at radius 2 is 1.93 bits per heavy atom. The second kappa shape index (κ2) is 4.96. The van der Waals surface area contributed by atoms with E-state index in [0.29, 0.717) is 0 Å². The summed E-state index contributed by atoms with van der Waals surface area (Å²) in [7, 11) is 0. The summed E-state index contributed by atoms with van der Waals surface area (Å²) in [5, 5.41) is 1.13. The molecule has 0 aliphatic rings. The summed E-state index contributed by atoms with van der Waals surface area (Å²) in [6.07, 6.45) is 1.69. The molecule has 0 atom stereocenters. The van der Waals surface area contributed by atoms with Crippen LogP contribution in [0, 0.1) is 0 Å². The number of halogens is 1. The molecule has 0 bridgehead atoms. The van der Waals surface area contributed by atoms with Gasteiger partial charge in [0.05, 0.1) is 6.26 Å². The molecule has 0 spiro atoms. The topological polar surface area (TPSA) is 30.2 Å². The van der Waals surface area contributed by atoms with Crippen molar-refractivity contribution in [3.05, 3.63) is 35.0 Å². The third-order valence-corrected chi connectivity index (χ3v) is 1.91. The van der Waals surface area contributed by atoms with Gasteiger partial charge >= 0.3 is 0 Å². The van der Waals surface area contributed by atoms with Crippen LogP contribution in [0.25, 0.3) is 11.0 Å². The average molecular weight is 255 g/mol. The first-order valence-corrected chi connectivity index (χ1v) is 4.99. The molecule has 74 valence electrons. The molecule has 0 fully saturated rings. The number of benzene rings is 1. The van der Waals surface area contributed by atoms with E-state index >= 15 is 0 Å². The van der Waals surface area contributed by atoms with E-state index in [9.17, 15) is 4.79 Å². The van der Waals surface area contributed by atoms with Crippen LogP contribution in [0.15, 0.2) is 39.4 Å². The zero-order valence-corrected chi connectivity index (χ0v) is 9.67. The molecule has 14 heavy (non-hydrogen) atoms. The highest BCUT2D eigenvalue weighted by atomic mass is 79.9. The first-order valence-electron chi connectivity index (χ1n) is 4.19. The predicted octanol–water partition coefficient (Wildman–Crippen LogP) is 3.79. The smallest absolute Gasteiger partial charge is 0.133 e. The van der Waals surface area contributed by atoms with Crippen LogP contribution in [-0.4, -0.2) is 5.78 Å². The minimum atomic E-state index is 0.167. The number of hydrogen-bond donors (Lipinski definition) is 0. The molecule has 0 aliphatic carbocycles. The quantitative estimate of drug-likeness (QED) is 0.716. The Bertz CT molecular complexity index is 428. The molecule has 0 aliphatic heterocycles. The molecule has 0 N–H and O–H groups in total. The highest BCUT2D eigenvalue weighted by Gasteiger charge is 1.94. The Morgan fingerprint density at radius 1 is 1.29 bits per heavy atom. The first kappa shape index (κ1) is 11.0. The number of Topliss-reactive ketones (excluding diaryl/α,β-unsaturated/α-hetero) is 1. The van der Waals surface area contributed by atoms with Crippen LogP contribution in [0.4, 0.5) is 0 Å². The Balaban J connectivity index is 0.000000213. The number of ketones is 1. The molecule has 1 aromatic carbocycles. The molecule has 0 amide bonds. The second-order valence-electron chi connectivity index (χ2n) is 3.01. The van der Waals surface area contributed by atoms with Crippen molar-refractivity contribution >= 4 is 32.7 Å². The van der Waals surface area contributed by atoms with Gasteiger partial charge in [-0.25, -0.2) is 0 Å². The molecule has 0 saturated heterocycles. The zero-order valence-electron chi connectivity index (χ0n) is 8.08. The van der Waals surface area contributed by atoms with Gasteiger partial charge in [-0.15, -0.1) is 0 Å². The van der Waals surface area contributed by atoms with E-state index in [4.69, 9.17) is 4.42 Å². The van der Waals surface area contributed by atoms with E-state index in [0.717, 1.165) is 15.4 Å². The lowest BCUT2D eigenvalue weighted by Crippen LogP contribution is -1.69. The fraction of sp³-hybridized carbons (Fsp3) is 0.182. The van der Waals surface area contributed by atoms with E-state index in [1.165, 1.54) is 13.8 Å². The number of fused-ring (bicyclic) bond motifs is 1. The average Bonchev–Trinajstić information content (AvgIpc) is 2.49. The van der Waals surface area contributed by atoms with E-state index < -0.39 is 0 Å². The predicted molar refractivity (Wildman–Crippen MR) is 60.3 cm³/mol. The number of carbonyl (C=O) groups excluding carboxylic acids is 1. The third-order valence-electron chi connectivity index (χ3n) is 1.41. The van der Waals surface area contributed by atoms with Crippen molar-refractivity contribution in [2.75, 3.05) is 0 Å². The fourth-order valence-electron chi connectivity index (χ4n) is 0.938. The maximum Gasteiger partial charge on any atom is 0.133 e. The molecule has 0 radical (unpaired) electrons. The van der Waals surface area contributed by atoms with Crippen LogP contribution in [-0.2, 0) is 4.79 Å². The Morgan fingerprint density at radius 3 is 2.57 bits per heavy atom. The van der Waals surface area contributed by atoms with Gasteiger partial charge < -0.3 is 9.21 Å². The highest BCUT2D eigenvalue weighted by molar-refractivity contribution is 9.10. The monoisotopic (exact) mass is 254 g/mol. The van der Waals surface area contributed by atoms with E-state index in [-0.39, 0.29) is 5.78 Å². The summed E-state index contributed by atoms with van der Waals surface area (Å²) < 4.78 is 6.24. The lowest BCUT2D eigenvalue weighted by molar-refractivity contribution is -0.114. The van der Waals surface area contributed by atoms with Gasteiger partial charge in [0.15, 0.2) is 0 Å². The molecule has 3 heteroatoms. The lowest BCUT2D eigenvalue weighted by atomic mass is 10.3. The van der Waals surface area contributed by atoms with E-state index in [1.807, 2.05) is 24.3 Å². The Kier molecular flexibility index (Phi) is 3.89. The number of furan rings is 1. The van der Waals surface area contributed by atoms with Crippen LogP contribution in [0.1, 0.15) is 13.8 Å². The van der Waals surface area contributed by atoms with Crippen molar-refractivity contribution in [3.63, 3.8) is 0 Å². The summed E-state index contributed by atoms with van der Waals surface area (Å²) in [6, 6.07) is 7.88. The largest absolute Gasteiger partial charge is 0.464 e. The zero-order chi connectivity index (χ0) is 10.6. The molecule has 2 aromatic rings. The summed E-state index contributed by atoms with van der Waals surface area (Å²) >= 11 is 3.38. The molecular weight excluding hydrogens is 244 g/mol. The van der Waals surface area contributed by atoms with Gasteiger partial charge in [0.25, 0.3) is 0 Å².